The second-order valence-electron chi connectivity index (χ2n) is 4.49. The molecule has 2 aromatic rings. The fourth-order valence-electron chi connectivity index (χ4n) is 2.13. The molecule has 0 fully saturated rings. The summed E-state index contributed by atoms with van der Waals surface area (Å²) in [6.07, 6.45) is 0.796. The van der Waals surface area contributed by atoms with Gasteiger partial charge in [0.1, 0.15) is 0 Å². The van der Waals surface area contributed by atoms with Crippen LogP contribution >= 0.6 is 16.3 Å². The van der Waals surface area contributed by atoms with Gasteiger partial charge >= 0.3 is 0 Å². The average molecular weight is 316 g/mol. The molecule has 0 amide bonds. The van der Waals surface area contributed by atoms with Crippen molar-refractivity contribution in [2.45, 2.75) is 5.56 Å². The van der Waals surface area contributed by atoms with Gasteiger partial charge in [0, 0.05) is 24.8 Å². The molecule has 0 spiro atoms. The third-order valence-corrected chi connectivity index (χ3v) is 7.44. The summed E-state index contributed by atoms with van der Waals surface area (Å²) in [4.78, 5) is 0. The Hall–Kier alpha value is -0.715. The van der Waals surface area contributed by atoms with E-state index in [1.165, 1.54) is 10.6 Å². The van der Waals surface area contributed by atoms with E-state index >= 15 is 0 Å². The number of hydrogen-bond acceptors (Lipinski definition) is 2. The van der Waals surface area contributed by atoms with Gasteiger partial charge in [-0.25, -0.2) is 0 Å². The van der Waals surface area contributed by atoms with E-state index in [0.717, 1.165) is 6.16 Å². The summed E-state index contributed by atoms with van der Waals surface area (Å²) in [5.41, 5.74) is -0.0429. The zero-order valence-corrected chi connectivity index (χ0v) is 14.1. The zero-order chi connectivity index (χ0) is 15.1. The van der Waals surface area contributed by atoms with Crippen molar-refractivity contribution in [3.8, 4) is 0 Å². The summed E-state index contributed by atoms with van der Waals surface area (Å²) in [6.45, 7) is 0. The first-order valence-electron chi connectivity index (χ1n) is 6.77. The SMILES string of the molecule is [B]C(CP(OC)c1ccccc1)P(OC)c1ccccc1. The third-order valence-electron chi connectivity index (χ3n) is 3.13. The van der Waals surface area contributed by atoms with E-state index in [0.29, 0.717) is 0 Å². The summed E-state index contributed by atoms with van der Waals surface area (Å²) in [6, 6.07) is 20.5. The van der Waals surface area contributed by atoms with Gasteiger partial charge in [0.25, 0.3) is 0 Å². The predicted molar refractivity (Wildman–Crippen MR) is 94.4 cm³/mol. The van der Waals surface area contributed by atoms with Gasteiger partial charge in [-0.15, -0.1) is 0 Å². The molecule has 0 aliphatic heterocycles. The Morgan fingerprint density at radius 3 is 1.86 bits per heavy atom. The Kier molecular flexibility index (Phi) is 6.87. The van der Waals surface area contributed by atoms with Crippen LogP contribution in [0.4, 0.5) is 0 Å². The quantitative estimate of drug-likeness (QED) is 0.577. The Labute approximate surface area is 130 Å². The minimum atomic E-state index is -0.829. The molecule has 2 rings (SSSR count). The molecule has 2 aromatic carbocycles. The van der Waals surface area contributed by atoms with Gasteiger partial charge < -0.3 is 9.05 Å². The van der Waals surface area contributed by atoms with Crippen molar-refractivity contribution in [1.29, 1.82) is 0 Å². The maximum Gasteiger partial charge on any atom is 0.0803 e. The molecule has 0 N–H and O–H groups in total. The standard InChI is InChI=1S/C16H19BO2P2/c1-18-20(14-9-5-3-6-10-14)13-16(17)21(19-2)15-11-7-4-8-12-15/h3-12,16H,13H2,1-2H3. The molecule has 0 bridgehead atoms. The Balaban J connectivity index is 2.09. The number of hydrogen-bond donors (Lipinski definition) is 0. The summed E-state index contributed by atoms with van der Waals surface area (Å²) in [5, 5.41) is 2.38. The van der Waals surface area contributed by atoms with Crippen LogP contribution < -0.4 is 10.6 Å². The average Bonchev–Trinajstić information content (AvgIpc) is 2.55. The summed E-state index contributed by atoms with van der Waals surface area (Å²) in [5.74, 6) is 0. The van der Waals surface area contributed by atoms with Crippen LogP contribution in [0.15, 0.2) is 60.7 Å². The molecule has 5 heteroatoms. The maximum absolute atomic E-state index is 6.41. The van der Waals surface area contributed by atoms with Crippen LogP contribution in [-0.2, 0) is 9.05 Å². The Bertz CT molecular complexity index is 524. The molecule has 0 aliphatic carbocycles. The summed E-state index contributed by atoms with van der Waals surface area (Å²) in [7, 11) is 8.36. The molecular weight excluding hydrogens is 297 g/mol. The van der Waals surface area contributed by atoms with Gasteiger partial charge in [0.05, 0.1) is 24.1 Å². The van der Waals surface area contributed by atoms with Crippen molar-refractivity contribution >= 4 is 34.8 Å². The molecule has 108 valence electrons. The summed E-state index contributed by atoms with van der Waals surface area (Å²) >= 11 is 0. The lowest BCUT2D eigenvalue weighted by Gasteiger charge is -2.26. The second-order valence-corrected chi connectivity index (χ2v) is 8.69. The molecule has 2 nitrogen and oxygen atoms in total. The molecule has 0 saturated heterocycles. The first-order chi connectivity index (χ1) is 10.3. The Morgan fingerprint density at radius 1 is 0.857 bits per heavy atom. The lowest BCUT2D eigenvalue weighted by molar-refractivity contribution is 0.460. The van der Waals surface area contributed by atoms with Crippen molar-refractivity contribution in [1.82, 2.24) is 0 Å². The zero-order valence-electron chi connectivity index (χ0n) is 12.3. The van der Waals surface area contributed by atoms with Gasteiger partial charge in [-0.05, 0) is 11.7 Å². The van der Waals surface area contributed by atoms with Gasteiger partial charge in [-0.3, -0.25) is 0 Å². The highest BCUT2D eigenvalue weighted by atomic mass is 31.1. The van der Waals surface area contributed by atoms with E-state index in [1.807, 2.05) is 36.4 Å². The first-order valence-corrected chi connectivity index (χ1v) is 9.54. The molecule has 0 aromatic heterocycles. The second kappa shape index (κ2) is 8.66. The first kappa shape index (κ1) is 16.7. The van der Waals surface area contributed by atoms with E-state index in [9.17, 15) is 0 Å². The fraction of sp³-hybridized carbons (Fsp3) is 0.250. The van der Waals surface area contributed by atoms with E-state index in [-0.39, 0.29) is 5.56 Å². The predicted octanol–water partition coefficient (Wildman–Crippen LogP) is 3.22. The van der Waals surface area contributed by atoms with E-state index in [1.54, 1.807) is 14.2 Å². The van der Waals surface area contributed by atoms with Crippen LogP contribution in [0.25, 0.3) is 0 Å². The highest BCUT2D eigenvalue weighted by molar-refractivity contribution is 7.66. The molecule has 2 radical (unpaired) electrons. The highest BCUT2D eigenvalue weighted by Gasteiger charge is 2.23. The minimum Gasteiger partial charge on any atom is -0.358 e. The van der Waals surface area contributed by atoms with Crippen molar-refractivity contribution in [3.63, 3.8) is 0 Å². The topological polar surface area (TPSA) is 18.5 Å². The van der Waals surface area contributed by atoms with Crippen molar-refractivity contribution < 1.29 is 9.05 Å². The van der Waals surface area contributed by atoms with E-state index in [4.69, 9.17) is 16.9 Å². The van der Waals surface area contributed by atoms with Crippen molar-refractivity contribution in [3.05, 3.63) is 60.7 Å². The smallest absolute Gasteiger partial charge is 0.0803 e. The van der Waals surface area contributed by atoms with Gasteiger partial charge in [0.15, 0.2) is 0 Å². The minimum absolute atomic E-state index is 0.0429. The fourth-order valence-corrected chi connectivity index (χ4v) is 5.91. The molecule has 3 unspecified atom stereocenters. The van der Waals surface area contributed by atoms with Gasteiger partial charge in [-0.2, -0.15) is 0 Å². The molecule has 3 atom stereocenters. The van der Waals surface area contributed by atoms with Crippen LogP contribution in [0.2, 0.25) is 0 Å². The lowest BCUT2D eigenvalue weighted by Crippen LogP contribution is -2.20. The highest BCUT2D eigenvalue weighted by Crippen LogP contribution is 2.46. The van der Waals surface area contributed by atoms with Gasteiger partial charge in [0.2, 0.25) is 0 Å². The number of benzene rings is 2. The van der Waals surface area contributed by atoms with Crippen molar-refractivity contribution in [2.24, 2.45) is 0 Å². The Morgan fingerprint density at radius 2 is 1.38 bits per heavy atom. The largest absolute Gasteiger partial charge is 0.358 e. The normalized spacial score (nSPS) is 15.3. The summed E-state index contributed by atoms with van der Waals surface area (Å²) < 4.78 is 11.4. The van der Waals surface area contributed by atoms with Crippen LogP contribution in [0, 0.1) is 0 Å². The van der Waals surface area contributed by atoms with Crippen molar-refractivity contribution in [2.75, 3.05) is 20.4 Å². The van der Waals surface area contributed by atoms with E-state index < -0.39 is 16.3 Å². The maximum atomic E-state index is 6.41. The molecule has 0 aliphatic rings. The monoisotopic (exact) mass is 316 g/mol. The molecular formula is C16H19BO2P2. The van der Waals surface area contributed by atoms with E-state index in [2.05, 4.69) is 24.3 Å². The van der Waals surface area contributed by atoms with Crippen LogP contribution in [0.5, 0.6) is 0 Å². The molecule has 0 saturated carbocycles. The third kappa shape index (κ3) is 4.63. The van der Waals surface area contributed by atoms with Crippen LogP contribution in [-0.4, -0.2) is 33.8 Å². The van der Waals surface area contributed by atoms with Crippen LogP contribution in [0.3, 0.4) is 0 Å². The molecule has 0 heterocycles. The number of rotatable bonds is 7. The molecule has 21 heavy (non-hydrogen) atoms. The lowest BCUT2D eigenvalue weighted by atomic mass is 10.1. The van der Waals surface area contributed by atoms with Gasteiger partial charge in [-0.1, -0.05) is 60.7 Å². The van der Waals surface area contributed by atoms with Crippen LogP contribution in [0.1, 0.15) is 0 Å².